The number of nitrogens with zero attached hydrogens (tertiary/aromatic N) is 14. The van der Waals surface area contributed by atoms with Gasteiger partial charge in [0.2, 0.25) is 0 Å². The van der Waals surface area contributed by atoms with Gasteiger partial charge in [0.25, 0.3) is 0 Å². The second-order valence-corrected chi connectivity index (χ2v) is 26.0. The molecule has 518 valence electrons. The minimum atomic E-state index is -4.58. The minimum absolute atomic E-state index is 0. The Kier molecular flexibility index (Phi) is 24.1. The maximum Gasteiger partial charge on any atom is 0.431 e. The van der Waals surface area contributed by atoms with Crippen molar-refractivity contribution >= 4 is 22.7 Å². The monoisotopic (exact) mass is 1700 g/mol. The number of rotatable bonds is 8. The van der Waals surface area contributed by atoms with Gasteiger partial charge < -0.3 is 40.0 Å². The molecule has 10 aromatic rings. The summed E-state index contributed by atoms with van der Waals surface area (Å²) in [5.74, 6) is 0.488. The Morgan fingerprint density at radius 3 is 0.959 bits per heavy atom. The molecular formula is C72H64F10Ir2N14-8. The van der Waals surface area contributed by atoms with E-state index in [9.17, 15) is 43.9 Å². The molecule has 0 bridgehead atoms. The van der Waals surface area contributed by atoms with Crippen LogP contribution >= 0.6 is 0 Å². The van der Waals surface area contributed by atoms with Gasteiger partial charge in [0.05, 0.1) is 11.6 Å². The molecule has 0 atom stereocenters. The SMILES string of the molecule is CC(C)(C)c1c[c-]c(-c2nc(-c3cc(C(F)(F)F)n[n-]3)nc(C(C)(C)C)n2)cc1.CC(C)(C)c1c[c-]c(-c2nc(-c3cc(C(F)(F)F)n[n-]3)nc(C(C)(C)C)n2)cc1.Fc1c[c-]c(N2C=CN(c3ccc(F)cc3)[CH-]2)cc1.Fc1c[c-]c(N2C=CN(c3ccc(F)cc3)[CH-]2)cc1.[Ir].[Ir]. The summed E-state index contributed by atoms with van der Waals surface area (Å²) in [4.78, 5) is 33.7. The fourth-order valence-electron chi connectivity index (χ4n) is 8.68. The van der Waals surface area contributed by atoms with E-state index in [0.717, 1.165) is 46.0 Å². The third-order valence-electron chi connectivity index (χ3n) is 14.2. The van der Waals surface area contributed by atoms with Crippen LogP contribution in [0.4, 0.5) is 66.7 Å². The molecular weight excluding hydrogens is 1640 g/mol. The topological polar surface area (TPSA) is 144 Å². The number of hydrogen-bond acceptors (Lipinski definition) is 12. The molecule has 0 N–H and O–H groups in total. The van der Waals surface area contributed by atoms with Crippen molar-refractivity contribution in [2.75, 3.05) is 19.6 Å². The van der Waals surface area contributed by atoms with Gasteiger partial charge in [-0.2, -0.15) is 38.5 Å². The van der Waals surface area contributed by atoms with Crippen LogP contribution in [0, 0.1) is 60.9 Å². The smallest absolute Gasteiger partial charge is 0.431 e. The summed E-state index contributed by atoms with van der Waals surface area (Å²) < 4.78 is 129. The zero-order chi connectivity index (χ0) is 69.7. The normalized spacial score (nSPS) is 13.2. The molecule has 0 amide bonds. The molecule has 0 spiro atoms. The molecule has 14 nitrogen and oxygen atoms in total. The first kappa shape index (κ1) is 76.4. The molecule has 0 aliphatic carbocycles. The van der Waals surface area contributed by atoms with E-state index in [2.05, 4.69) is 116 Å². The zero-order valence-electron chi connectivity index (χ0n) is 54.9. The Bertz CT molecular complexity index is 3920. The van der Waals surface area contributed by atoms with Crippen LogP contribution in [-0.4, -0.2) is 40.1 Å². The molecule has 98 heavy (non-hydrogen) atoms. The Hall–Kier alpha value is -8.96. The number of benzene rings is 6. The van der Waals surface area contributed by atoms with Crippen molar-refractivity contribution in [3.8, 4) is 45.8 Å². The first-order valence-corrected chi connectivity index (χ1v) is 29.7. The van der Waals surface area contributed by atoms with Gasteiger partial charge in [-0.3, -0.25) is 28.7 Å². The molecule has 2 aliphatic rings. The fourth-order valence-corrected chi connectivity index (χ4v) is 8.68. The van der Waals surface area contributed by atoms with Crippen LogP contribution in [0.3, 0.4) is 0 Å². The molecule has 4 aromatic heterocycles. The quantitative estimate of drug-likeness (QED) is 0.105. The van der Waals surface area contributed by atoms with Crippen molar-refractivity contribution in [2.45, 2.75) is 117 Å². The molecule has 0 saturated heterocycles. The van der Waals surface area contributed by atoms with Crippen LogP contribution in [0.15, 0.2) is 158 Å². The van der Waals surface area contributed by atoms with Crippen LogP contribution in [0.2, 0.25) is 0 Å². The van der Waals surface area contributed by atoms with E-state index in [4.69, 9.17) is 0 Å². The van der Waals surface area contributed by atoms with Crippen LogP contribution in [0.5, 0.6) is 0 Å². The second-order valence-electron chi connectivity index (χ2n) is 26.0. The van der Waals surface area contributed by atoms with Gasteiger partial charge in [0, 0.05) is 74.0 Å². The van der Waals surface area contributed by atoms with Crippen LogP contribution in [0.25, 0.3) is 45.8 Å². The number of halogens is 10. The maximum absolute atomic E-state index is 12.9. The van der Waals surface area contributed by atoms with Crippen LogP contribution in [-0.2, 0) is 74.2 Å². The largest absolute Gasteiger partial charge is 0.572 e. The predicted octanol–water partition coefficient (Wildman–Crippen LogP) is 17.3. The first-order valence-electron chi connectivity index (χ1n) is 29.7. The van der Waals surface area contributed by atoms with Crippen molar-refractivity contribution in [3.63, 3.8) is 0 Å². The van der Waals surface area contributed by atoms with Gasteiger partial charge in [0.15, 0.2) is 0 Å². The summed E-state index contributed by atoms with van der Waals surface area (Å²) in [5.41, 5.74) is 3.45. The van der Waals surface area contributed by atoms with E-state index < -0.39 is 34.6 Å². The standard InChI is InChI=1S/2C21H22F3N5.2C15H10F2N2.2Ir/c2*1-19(2,3)13-9-7-12(8-10-13)16-25-17(27-18(26-16)20(4,5)6)14-11-15(29-28-14)21(22,23)24;2*16-12-1-5-14(6-2-12)18-9-10-19(11-18)15-7-3-13(17)4-8-15;;/h2*7,9-11H,1-6H3;2*1-7,9-11H;;/q4*-2;;. The number of anilines is 4. The predicted molar refractivity (Wildman–Crippen MR) is 346 cm³/mol. The third kappa shape index (κ3) is 20.1. The fraction of sp³-hybridized carbons (Fsp3) is 0.250. The van der Waals surface area contributed by atoms with E-state index >= 15 is 0 Å². The second kappa shape index (κ2) is 30.8. The van der Waals surface area contributed by atoms with Crippen LogP contribution < -0.4 is 29.8 Å². The average molecular weight is 1700 g/mol. The van der Waals surface area contributed by atoms with Gasteiger partial charge in [-0.15, -0.1) is 132 Å². The Morgan fingerprint density at radius 2 is 0.684 bits per heavy atom. The van der Waals surface area contributed by atoms with Crippen molar-refractivity contribution < 1.29 is 84.1 Å². The average Bonchev–Trinajstić information content (AvgIpc) is 1.29. The molecule has 26 heteroatoms. The summed E-state index contributed by atoms with van der Waals surface area (Å²) >= 11 is 0. The van der Waals surface area contributed by atoms with E-state index in [0.29, 0.717) is 34.4 Å². The maximum atomic E-state index is 12.9. The summed E-state index contributed by atoms with van der Waals surface area (Å²) in [6, 6.07) is 46.1. The van der Waals surface area contributed by atoms with Gasteiger partial charge >= 0.3 is 12.4 Å². The van der Waals surface area contributed by atoms with Gasteiger partial charge in [-0.25, -0.2) is 18.7 Å². The van der Waals surface area contributed by atoms with Crippen molar-refractivity contribution in [3.05, 3.63) is 253 Å². The minimum Gasteiger partial charge on any atom is -0.572 e. The molecule has 2 radical (unpaired) electrons. The summed E-state index contributed by atoms with van der Waals surface area (Å²) in [6.45, 7) is 27.7. The van der Waals surface area contributed by atoms with E-state index in [1.54, 1.807) is 36.4 Å². The number of alkyl halides is 6. The van der Waals surface area contributed by atoms with Crippen LogP contribution in [0.1, 0.15) is 117 Å². The molecule has 12 rings (SSSR count). The van der Waals surface area contributed by atoms with Crippen molar-refractivity contribution in [1.82, 2.24) is 50.3 Å². The van der Waals surface area contributed by atoms with E-state index in [1.165, 1.54) is 48.5 Å². The summed E-state index contributed by atoms with van der Waals surface area (Å²) in [5, 5.41) is 13.7. The van der Waals surface area contributed by atoms with E-state index in [1.807, 2.05) is 136 Å². The summed E-state index contributed by atoms with van der Waals surface area (Å²) in [7, 11) is 0. The molecule has 6 heterocycles. The number of hydrogen-bond donors (Lipinski definition) is 0. The Labute approximate surface area is 589 Å². The van der Waals surface area contributed by atoms with E-state index in [-0.39, 0.29) is 97.3 Å². The number of aromatic nitrogens is 10. The Morgan fingerprint density at radius 1 is 0.357 bits per heavy atom. The van der Waals surface area contributed by atoms with Gasteiger partial charge in [-0.1, -0.05) is 94.5 Å². The van der Waals surface area contributed by atoms with Crippen molar-refractivity contribution in [1.29, 1.82) is 0 Å². The van der Waals surface area contributed by atoms with Gasteiger partial charge in [-0.05, 0) is 96.3 Å². The third-order valence-corrected chi connectivity index (χ3v) is 14.2. The Balaban J connectivity index is 0.000000186. The molecule has 0 unspecified atom stereocenters. The van der Waals surface area contributed by atoms with Gasteiger partial charge in [0.1, 0.15) is 46.3 Å². The molecule has 0 saturated carbocycles. The zero-order valence-corrected chi connectivity index (χ0v) is 59.7. The summed E-state index contributed by atoms with van der Waals surface area (Å²) in [6.07, 6.45) is -1.83. The first-order chi connectivity index (χ1) is 44.9. The molecule has 6 aromatic carbocycles. The molecule has 2 aliphatic heterocycles. The molecule has 0 fully saturated rings. The van der Waals surface area contributed by atoms with Crippen molar-refractivity contribution in [2.24, 2.45) is 0 Å².